The first-order valence-corrected chi connectivity index (χ1v) is 7.77. The van der Waals surface area contributed by atoms with Gasteiger partial charge in [-0.3, -0.25) is 4.79 Å². The van der Waals surface area contributed by atoms with Crippen molar-refractivity contribution in [3.05, 3.63) is 59.0 Å². The molecule has 4 nitrogen and oxygen atoms in total. The molecule has 3 rings (SSSR count). The number of anilines is 1. The number of amides is 1. The Morgan fingerprint density at radius 3 is 2.52 bits per heavy atom. The summed E-state index contributed by atoms with van der Waals surface area (Å²) in [6.07, 6.45) is 1.87. The standard InChI is InChI=1S/C18H20FN3O/c1-13-10-14(2)17(20-12-13)21-6-8-22(9-7-21)18(23)15-4-3-5-16(19)11-15/h3-5,10-12H,6-9H2,1-2H3. The fraction of sp³-hybridized carbons (Fsp3) is 0.333. The molecule has 0 aliphatic carbocycles. The molecule has 1 aliphatic rings. The molecule has 0 atom stereocenters. The van der Waals surface area contributed by atoms with Crippen LogP contribution >= 0.6 is 0 Å². The van der Waals surface area contributed by atoms with Crippen molar-refractivity contribution in [2.45, 2.75) is 13.8 Å². The monoisotopic (exact) mass is 313 g/mol. The first-order valence-electron chi connectivity index (χ1n) is 7.77. The number of piperazine rings is 1. The highest BCUT2D eigenvalue weighted by Gasteiger charge is 2.23. The molecule has 0 unspecified atom stereocenters. The van der Waals surface area contributed by atoms with Crippen molar-refractivity contribution in [1.29, 1.82) is 0 Å². The molecule has 2 heterocycles. The summed E-state index contributed by atoms with van der Waals surface area (Å²) in [5, 5.41) is 0. The fourth-order valence-corrected chi connectivity index (χ4v) is 2.96. The van der Waals surface area contributed by atoms with Crippen LogP contribution in [-0.2, 0) is 0 Å². The van der Waals surface area contributed by atoms with Gasteiger partial charge in [-0.15, -0.1) is 0 Å². The Balaban J connectivity index is 1.67. The number of nitrogens with zero attached hydrogens (tertiary/aromatic N) is 3. The molecule has 0 spiro atoms. The van der Waals surface area contributed by atoms with Crippen LogP contribution in [0.4, 0.5) is 10.2 Å². The Hall–Kier alpha value is -2.43. The van der Waals surface area contributed by atoms with Gasteiger partial charge in [-0.2, -0.15) is 0 Å². The molecule has 120 valence electrons. The molecule has 1 fully saturated rings. The van der Waals surface area contributed by atoms with Crippen molar-refractivity contribution in [2.75, 3.05) is 31.1 Å². The molecule has 1 saturated heterocycles. The number of benzene rings is 1. The van der Waals surface area contributed by atoms with Gasteiger partial charge in [0.2, 0.25) is 0 Å². The maximum absolute atomic E-state index is 13.3. The van der Waals surface area contributed by atoms with E-state index in [1.807, 2.05) is 13.1 Å². The molecule has 1 aromatic heterocycles. The van der Waals surface area contributed by atoms with Gasteiger partial charge in [0, 0.05) is 37.9 Å². The molecule has 1 aromatic carbocycles. The van der Waals surface area contributed by atoms with Crippen LogP contribution in [0, 0.1) is 19.7 Å². The van der Waals surface area contributed by atoms with Crippen LogP contribution in [0.15, 0.2) is 36.5 Å². The lowest BCUT2D eigenvalue weighted by atomic mass is 10.1. The average molecular weight is 313 g/mol. The summed E-state index contributed by atoms with van der Waals surface area (Å²) in [5.41, 5.74) is 2.70. The second-order valence-corrected chi connectivity index (χ2v) is 5.94. The number of hydrogen-bond acceptors (Lipinski definition) is 3. The van der Waals surface area contributed by atoms with Crippen molar-refractivity contribution in [2.24, 2.45) is 0 Å². The highest BCUT2D eigenvalue weighted by atomic mass is 19.1. The van der Waals surface area contributed by atoms with Crippen LogP contribution in [0.1, 0.15) is 21.5 Å². The van der Waals surface area contributed by atoms with Gasteiger partial charge < -0.3 is 9.80 Å². The van der Waals surface area contributed by atoms with Gasteiger partial charge in [0.1, 0.15) is 11.6 Å². The van der Waals surface area contributed by atoms with E-state index in [1.54, 1.807) is 17.0 Å². The van der Waals surface area contributed by atoms with E-state index in [9.17, 15) is 9.18 Å². The normalized spacial score (nSPS) is 14.9. The van der Waals surface area contributed by atoms with Crippen LogP contribution in [0.3, 0.4) is 0 Å². The quantitative estimate of drug-likeness (QED) is 0.855. The maximum atomic E-state index is 13.3. The van der Waals surface area contributed by atoms with E-state index < -0.39 is 0 Å². The third-order valence-corrected chi connectivity index (χ3v) is 4.13. The zero-order valence-electron chi connectivity index (χ0n) is 13.4. The molecule has 0 N–H and O–H groups in total. The van der Waals surface area contributed by atoms with E-state index in [0.29, 0.717) is 18.7 Å². The summed E-state index contributed by atoms with van der Waals surface area (Å²) >= 11 is 0. The number of carbonyl (C=O) groups excluding carboxylic acids is 1. The molecular formula is C18H20FN3O. The molecule has 2 aromatic rings. The van der Waals surface area contributed by atoms with Crippen molar-refractivity contribution in [3.63, 3.8) is 0 Å². The SMILES string of the molecule is Cc1cnc(N2CCN(C(=O)c3cccc(F)c3)CC2)c(C)c1. The second kappa shape index (κ2) is 6.36. The van der Waals surface area contributed by atoms with Crippen LogP contribution in [0.2, 0.25) is 0 Å². The molecule has 5 heteroatoms. The summed E-state index contributed by atoms with van der Waals surface area (Å²) in [4.78, 5) is 20.9. The third kappa shape index (κ3) is 3.33. The lowest BCUT2D eigenvalue weighted by molar-refractivity contribution is 0.0746. The van der Waals surface area contributed by atoms with E-state index in [0.717, 1.165) is 30.0 Å². The first kappa shape index (κ1) is 15.5. The first-order chi connectivity index (χ1) is 11.0. The molecule has 23 heavy (non-hydrogen) atoms. The van der Waals surface area contributed by atoms with Crippen LogP contribution < -0.4 is 4.90 Å². The minimum atomic E-state index is -0.381. The van der Waals surface area contributed by atoms with E-state index in [-0.39, 0.29) is 11.7 Å². The summed E-state index contributed by atoms with van der Waals surface area (Å²) in [7, 11) is 0. The molecule has 0 saturated carbocycles. The fourth-order valence-electron chi connectivity index (χ4n) is 2.96. The lowest BCUT2D eigenvalue weighted by Crippen LogP contribution is -2.49. The van der Waals surface area contributed by atoms with Crippen molar-refractivity contribution in [1.82, 2.24) is 9.88 Å². The van der Waals surface area contributed by atoms with Crippen molar-refractivity contribution >= 4 is 11.7 Å². The number of carbonyl (C=O) groups is 1. The highest BCUT2D eigenvalue weighted by Crippen LogP contribution is 2.20. The Morgan fingerprint density at radius 1 is 1.13 bits per heavy atom. The van der Waals surface area contributed by atoms with E-state index >= 15 is 0 Å². The van der Waals surface area contributed by atoms with Gasteiger partial charge in [-0.25, -0.2) is 9.37 Å². The summed E-state index contributed by atoms with van der Waals surface area (Å²) in [5.74, 6) is 0.486. The summed E-state index contributed by atoms with van der Waals surface area (Å²) < 4.78 is 13.3. The van der Waals surface area contributed by atoms with Gasteiger partial charge in [-0.05, 0) is 43.2 Å². The summed E-state index contributed by atoms with van der Waals surface area (Å²) in [6.45, 7) is 6.78. The van der Waals surface area contributed by atoms with Gasteiger partial charge >= 0.3 is 0 Å². The predicted molar refractivity (Wildman–Crippen MR) is 88.2 cm³/mol. The number of pyridine rings is 1. The molecule has 1 amide bonds. The van der Waals surface area contributed by atoms with Crippen molar-refractivity contribution < 1.29 is 9.18 Å². The number of rotatable bonds is 2. The molecular weight excluding hydrogens is 293 g/mol. The minimum Gasteiger partial charge on any atom is -0.353 e. The third-order valence-electron chi connectivity index (χ3n) is 4.13. The average Bonchev–Trinajstić information content (AvgIpc) is 2.54. The number of hydrogen-bond donors (Lipinski definition) is 0. The Morgan fingerprint density at radius 2 is 1.87 bits per heavy atom. The van der Waals surface area contributed by atoms with Gasteiger partial charge in [-0.1, -0.05) is 12.1 Å². The van der Waals surface area contributed by atoms with E-state index in [4.69, 9.17) is 0 Å². The van der Waals surface area contributed by atoms with Gasteiger partial charge in [0.25, 0.3) is 5.91 Å². The Labute approximate surface area is 135 Å². The zero-order valence-corrected chi connectivity index (χ0v) is 13.4. The van der Waals surface area contributed by atoms with Gasteiger partial charge in [0.15, 0.2) is 0 Å². The molecule has 0 bridgehead atoms. The van der Waals surface area contributed by atoms with Crippen LogP contribution in [0.25, 0.3) is 0 Å². The number of aromatic nitrogens is 1. The smallest absolute Gasteiger partial charge is 0.254 e. The van der Waals surface area contributed by atoms with E-state index in [2.05, 4.69) is 22.9 Å². The number of halogens is 1. The summed E-state index contributed by atoms with van der Waals surface area (Å²) in [6, 6.07) is 7.98. The Bertz CT molecular complexity index is 724. The topological polar surface area (TPSA) is 36.4 Å². The van der Waals surface area contributed by atoms with Crippen molar-refractivity contribution in [3.8, 4) is 0 Å². The lowest BCUT2D eigenvalue weighted by Gasteiger charge is -2.36. The van der Waals surface area contributed by atoms with Crippen LogP contribution in [0.5, 0.6) is 0 Å². The predicted octanol–water partition coefficient (Wildman–Crippen LogP) is 2.80. The van der Waals surface area contributed by atoms with Crippen LogP contribution in [-0.4, -0.2) is 42.0 Å². The van der Waals surface area contributed by atoms with E-state index in [1.165, 1.54) is 12.1 Å². The zero-order chi connectivity index (χ0) is 16.4. The second-order valence-electron chi connectivity index (χ2n) is 5.94. The highest BCUT2D eigenvalue weighted by molar-refractivity contribution is 5.94. The maximum Gasteiger partial charge on any atom is 0.254 e. The minimum absolute atomic E-state index is 0.113. The number of aryl methyl sites for hydroxylation is 2. The van der Waals surface area contributed by atoms with Gasteiger partial charge in [0.05, 0.1) is 0 Å². The Kier molecular flexibility index (Phi) is 4.28. The molecule has 0 radical (unpaired) electrons. The largest absolute Gasteiger partial charge is 0.353 e. The molecule has 1 aliphatic heterocycles.